The number of aryl methyl sites for hydroxylation is 1. The molecule has 0 aliphatic heterocycles. The zero-order chi connectivity index (χ0) is 24.7. The van der Waals surface area contributed by atoms with Crippen LogP contribution in [0.2, 0.25) is 5.02 Å². The molecular weight excluding hydrogens is 481 g/mol. The van der Waals surface area contributed by atoms with E-state index in [-0.39, 0.29) is 12.2 Å². The lowest BCUT2D eigenvalue weighted by Crippen LogP contribution is -2.23. The predicted octanol–water partition coefficient (Wildman–Crippen LogP) is 5.04. The summed E-state index contributed by atoms with van der Waals surface area (Å²) in [6.07, 6.45) is 1.49. The molecule has 0 saturated carbocycles. The Morgan fingerprint density at radius 1 is 0.971 bits per heavy atom. The van der Waals surface area contributed by atoms with Crippen LogP contribution in [0.4, 0.5) is 13.2 Å². The molecule has 0 spiro atoms. The maximum atomic E-state index is 13.1. The normalized spacial score (nSPS) is 11.8. The molecule has 0 aliphatic carbocycles. The number of nitrogens with zero attached hydrogens (tertiary/aromatic N) is 6. The van der Waals surface area contributed by atoms with Gasteiger partial charge in [0.25, 0.3) is 0 Å². The van der Waals surface area contributed by atoms with Crippen molar-refractivity contribution in [3.05, 3.63) is 99.6 Å². The van der Waals surface area contributed by atoms with Gasteiger partial charge < -0.3 is 0 Å². The summed E-state index contributed by atoms with van der Waals surface area (Å²) in [5.74, 6) is 0. The van der Waals surface area contributed by atoms with E-state index in [0.717, 1.165) is 43.7 Å². The molecule has 4 aromatic heterocycles. The van der Waals surface area contributed by atoms with Crippen LogP contribution in [0.15, 0.2) is 72.0 Å². The first-order chi connectivity index (χ1) is 16.7. The topological polar surface area (TPSA) is 78.0 Å². The summed E-state index contributed by atoms with van der Waals surface area (Å²) in [7, 11) is 0. The Labute approximate surface area is 201 Å². The molecular formula is C24H16ClF3N6O. The van der Waals surface area contributed by atoms with E-state index in [0.29, 0.717) is 16.1 Å². The van der Waals surface area contributed by atoms with Gasteiger partial charge in [-0.2, -0.15) is 22.8 Å². The van der Waals surface area contributed by atoms with Crippen LogP contribution in [0.3, 0.4) is 0 Å². The Kier molecular flexibility index (Phi) is 5.60. The van der Waals surface area contributed by atoms with Gasteiger partial charge in [0.2, 0.25) is 0 Å². The molecule has 0 atom stereocenters. The molecule has 0 amide bonds. The van der Waals surface area contributed by atoms with Gasteiger partial charge >= 0.3 is 11.9 Å². The van der Waals surface area contributed by atoms with E-state index in [2.05, 4.69) is 20.2 Å². The summed E-state index contributed by atoms with van der Waals surface area (Å²) in [6, 6.07) is 11.2. The zero-order valence-electron chi connectivity index (χ0n) is 18.2. The first-order valence-corrected chi connectivity index (χ1v) is 10.8. The average molecular weight is 497 g/mol. The lowest BCUT2D eigenvalue weighted by atomic mass is 9.97. The minimum Gasteiger partial charge on any atom is -0.264 e. The smallest absolute Gasteiger partial charge is 0.264 e. The Hall–Kier alpha value is -4.05. The van der Waals surface area contributed by atoms with Crippen LogP contribution in [0.5, 0.6) is 0 Å². The maximum Gasteiger partial charge on any atom is 0.433 e. The number of alkyl halides is 3. The summed E-state index contributed by atoms with van der Waals surface area (Å²) in [6.45, 7) is 1.83. The van der Waals surface area contributed by atoms with Gasteiger partial charge in [0, 0.05) is 40.3 Å². The number of rotatable bonds is 4. The molecule has 1 aromatic carbocycles. The fourth-order valence-electron chi connectivity index (χ4n) is 3.75. The van der Waals surface area contributed by atoms with Crippen molar-refractivity contribution >= 4 is 17.2 Å². The summed E-state index contributed by atoms with van der Waals surface area (Å²) in [5.41, 5.74) is 2.95. The van der Waals surface area contributed by atoms with E-state index in [1.807, 2.05) is 25.1 Å². The molecule has 0 radical (unpaired) electrons. The van der Waals surface area contributed by atoms with Crippen molar-refractivity contribution in [1.82, 2.24) is 29.4 Å². The lowest BCUT2D eigenvalue weighted by molar-refractivity contribution is -0.141. The Balaban J connectivity index is 1.67. The maximum absolute atomic E-state index is 13.1. The number of fused-ring (bicyclic) bond motifs is 1. The number of pyridine rings is 2. The minimum atomic E-state index is -4.54. The third kappa shape index (κ3) is 4.40. The van der Waals surface area contributed by atoms with Crippen LogP contribution in [0.1, 0.15) is 16.8 Å². The van der Waals surface area contributed by atoms with Gasteiger partial charge in [0.15, 0.2) is 5.65 Å². The summed E-state index contributed by atoms with van der Waals surface area (Å²) in [4.78, 5) is 20.8. The van der Waals surface area contributed by atoms with Gasteiger partial charge in [-0.1, -0.05) is 29.8 Å². The standard InChI is InChI=1S/C24H16ClF3N6O/c1-14-8-17(11-29-9-14)21-19(16-3-5-18(25)6-4-16)12-31-34-22(21)32-33(23(34)35)13-15-2-7-20(30-10-15)24(26,27)28/h2-12H,13H2,1H3. The zero-order valence-corrected chi connectivity index (χ0v) is 18.9. The highest BCUT2D eigenvalue weighted by Gasteiger charge is 2.32. The molecule has 5 aromatic rings. The highest BCUT2D eigenvalue weighted by molar-refractivity contribution is 6.30. The second-order valence-electron chi connectivity index (χ2n) is 7.92. The summed E-state index contributed by atoms with van der Waals surface area (Å²) >= 11 is 6.05. The van der Waals surface area contributed by atoms with E-state index in [1.54, 1.807) is 30.7 Å². The number of aromatic nitrogens is 6. The van der Waals surface area contributed by atoms with Crippen molar-refractivity contribution in [2.45, 2.75) is 19.6 Å². The molecule has 0 aliphatic rings. The Morgan fingerprint density at radius 3 is 2.40 bits per heavy atom. The van der Waals surface area contributed by atoms with Crippen LogP contribution in [-0.4, -0.2) is 29.4 Å². The largest absolute Gasteiger partial charge is 0.433 e. The number of hydrogen-bond acceptors (Lipinski definition) is 5. The second kappa shape index (κ2) is 8.62. The SMILES string of the molecule is Cc1cncc(-c2c(-c3ccc(Cl)cc3)cnn3c(=O)n(Cc4ccc(C(F)(F)F)nc4)nc23)c1. The number of benzene rings is 1. The molecule has 176 valence electrons. The molecule has 4 heterocycles. The van der Waals surface area contributed by atoms with Crippen LogP contribution in [0, 0.1) is 6.92 Å². The fraction of sp³-hybridized carbons (Fsp3) is 0.125. The number of hydrogen-bond donors (Lipinski definition) is 0. The molecule has 7 nitrogen and oxygen atoms in total. The number of halogens is 4. The lowest BCUT2D eigenvalue weighted by Gasteiger charge is -2.11. The highest BCUT2D eigenvalue weighted by Crippen LogP contribution is 2.34. The van der Waals surface area contributed by atoms with Crippen LogP contribution in [0.25, 0.3) is 27.9 Å². The van der Waals surface area contributed by atoms with Crippen molar-refractivity contribution in [3.8, 4) is 22.3 Å². The average Bonchev–Trinajstić information content (AvgIpc) is 3.14. The summed E-state index contributed by atoms with van der Waals surface area (Å²) < 4.78 is 40.8. The van der Waals surface area contributed by atoms with Gasteiger partial charge in [0.1, 0.15) is 5.69 Å². The fourth-order valence-corrected chi connectivity index (χ4v) is 3.87. The molecule has 35 heavy (non-hydrogen) atoms. The third-order valence-electron chi connectivity index (χ3n) is 5.38. The van der Waals surface area contributed by atoms with Gasteiger partial charge in [0.05, 0.1) is 12.7 Å². The first-order valence-electron chi connectivity index (χ1n) is 10.4. The van der Waals surface area contributed by atoms with Crippen molar-refractivity contribution < 1.29 is 13.2 Å². The summed E-state index contributed by atoms with van der Waals surface area (Å²) in [5, 5.41) is 9.37. The quantitative estimate of drug-likeness (QED) is 0.348. The van der Waals surface area contributed by atoms with Crippen molar-refractivity contribution in [1.29, 1.82) is 0 Å². The minimum absolute atomic E-state index is 0.0743. The van der Waals surface area contributed by atoms with Crippen LogP contribution < -0.4 is 5.69 Å². The van der Waals surface area contributed by atoms with E-state index >= 15 is 0 Å². The van der Waals surface area contributed by atoms with Crippen LogP contribution >= 0.6 is 11.6 Å². The van der Waals surface area contributed by atoms with E-state index < -0.39 is 17.6 Å². The molecule has 0 N–H and O–H groups in total. The third-order valence-corrected chi connectivity index (χ3v) is 5.63. The van der Waals surface area contributed by atoms with Gasteiger partial charge in [-0.15, -0.1) is 5.10 Å². The van der Waals surface area contributed by atoms with E-state index in [9.17, 15) is 18.0 Å². The Morgan fingerprint density at radius 2 is 1.74 bits per heavy atom. The van der Waals surface area contributed by atoms with E-state index in [1.165, 1.54) is 6.07 Å². The monoisotopic (exact) mass is 496 g/mol. The molecule has 11 heteroatoms. The van der Waals surface area contributed by atoms with Crippen molar-refractivity contribution in [2.24, 2.45) is 0 Å². The molecule has 0 fully saturated rings. The second-order valence-corrected chi connectivity index (χ2v) is 8.35. The van der Waals surface area contributed by atoms with E-state index in [4.69, 9.17) is 11.6 Å². The van der Waals surface area contributed by atoms with Crippen molar-refractivity contribution in [3.63, 3.8) is 0 Å². The molecule has 0 bridgehead atoms. The van der Waals surface area contributed by atoms with Gasteiger partial charge in [-0.3, -0.25) is 9.97 Å². The Bertz CT molecular complexity index is 1590. The molecule has 5 rings (SSSR count). The predicted molar refractivity (Wildman–Crippen MR) is 124 cm³/mol. The molecule has 0 unspecified atom stereocenters. The van der Waals surface area contributed by atoms with Gasteiger partial charge in [-0.25, -0.2) is 9.48 Å². The molecule has 0 saturated heterocycles. The first kappa shape index (κ1) is 22.7. The van der Waals surface area contributed by atoms with Gasteiger partial charge in [-0.05, 0) is 47.9 Å². The van der Waals surface area contributed by atoms with Crippen molar-refractivity contribution in [2.75, 3.05) is 0 Å². The van der Waals surface area contributed by atoms with Crippen LogP contribution in [-0.2, 0) is 12.7 Å². The highest BCUT2D eigenvalue weighted by atomic mass is 35.5.